The Bertz CT molecular complexity index is 467. The summed E-state index contributed by atoms with van der Waals surface area (Å²) in [6.07, 6.45) is 4.03. The SMILES string of the molecule is CC(C)(CNCc1cccc(C#N)c1)N1CCCCC1. The Morgan fingerprint density at radius 3 is 2.70 bits per heavy atom. The van der Waals surface area contributed by atoms with E-state index in [1.54, 1.807) is 0 Å². The minimum Gasteiger partial charge on any atom is -0.311 e. The van der Waals surface area contributed by atoms with Crippen LogP contribution in [0.2, 0.25) is 0 Å². The van der Waals surface area contributed by atoms with Gasteiger partial charge >= 0.3 is 0 Å². The number of likely N-dealkylation sites (tertiary alicyclic amines) is 1. The normalized spacial score (nSPS) is 16.9. The molecule has 1 aromatic rings. The predicted molar refractivity (Wildman–Crippen MR) is 82.4 cm³/mol. The van der Waals surface area contributed by atoms with Gasteiger partial charge in [0.2, 0.25) is 0 Å². The van der Waals surface area contributed by atoms with Gasteiger partial charge in [-0.05, 0) is 57.5 Å². The number of piperidine rings is 1. The first kappa shape index (κ1) is 15.0. The highest BCUT2D eigenvalue weighted by atomic mass is 15.2. The van der Waals surface area contributed by atoms with Crippen LogP contribution in [0.3, 0.4) is 0 Å². The minimum atomic E-state index is 0.202. The van der Waals surface area contributed by atoms with Gasteiger partial charge in [0.05, 0.1) is 11.6 Å². The lowest BCUT2D eigenvalue weighted by atomic mass is 9.98. The van der Waals surface area contributed by atoms with Crippen LogP contribution in [0.25, 0.3) is 0 Å². The highest BCUT2D eigenvalue weighted by Gasteiger charge is 2.27. The summed E-state index contributed by atoms with van der Waals surface area (Å²) in [5.41, 5.74) is 2.12. The monoisotopic (exact) mass is 271 g/mol. The van der Waals surface area contributed by atoms with Gasteiger partial charge in [-0.1, -0.05) is 18.6 Å². The number of hydrogen-bond donors (Lipinski definition) is 1. The summed E-state index contributed by atoms with van der Waals surface area (Å²) in [7, 11) is 0. The second kappa shape index (κ2) is 6.88. The van der Waals surface area contributed by atoms with Crippen molar-refractivity contribution in [2.45, 2.75) is 45.2 Å². The average molecular weight is 271 g/mol. The van der Waals surface area contributed by atoms with E-state index in [9.17, 15) is 0 Å². The van der Waals surface area contributed by atoms with Crippen LogP contribution in [0, 0.1) is 11.3 Å². The topological polar surface area (TPSA) is 39.1 Å². The third-order valence-electron chi connectivity index (χ3n) is 4.15. The number of nitrogens with zero attached hydrogens (tertiary/aromatic N) is 2. The Morgan fingerprint density at radius 2 is 2.00 bits per heavy atom. The van der Waals surface area contributed by atoms with Crippen LogP contribution in [0.4, 0.5) is 0 Å². The number of benzene rings is 1. The van der Waals surface area contributed by atoms with Crippen LogP contribution in [-0.4, -0.2) is 30.1 Å². The van der Waals surface area contributed by atoms with Crippen molar-refractivity contribution < 1.29 is 0 Å². The van der Waals surface area contributed by atoms with Gasteiger partial charge in [-0.2, -0.15) is 5.26 Å². The molecule has 0 amide bonds. The van der Waals surface area contributed by atoms with Crippen molar-refractivity contribution in [3.8, 4) is 6.07 Å². The van der Waals surface area contributed by atoms with Crippen molar-refractivity contribution in [1.29, 1.82) is 5.26 Å². The van der Waals surface area contributed by atoms with Crippen molar-refractivity contribution in [3.63, 3.8) is 0 Å². The number of nitrogens with one attached hydrogen (secondary N) is 1. The first-order valence-corrected chi connectivity index (χ1v) is 7.57. The smallest absolute Gasteiger partial charge is 0.0991 e. The summed E-state index contributed by atoms with van der Waals surface area (Å²) in [4.78, 5) is 2.59. The molecular formula is C17H25N3. The van der Waals surface area contributed by atoms with Gasteiger partial charge in [0.15, 0.2) is 0 Å². The predicted octanol–water partition coefficient (Wildman–Crippen LogP) is 2.91. The van der Waals surface area contributed by atoms with Crippen molar-refractivity contribution >= 4 is 0 Å². The van der Waals surface area contributed by atoms with E-state index in [2.05, 4.69) is 36.2 Å². The van der Waals surface area contributed by atoms with Crippen molar-refractivity contribution in [2.24, 2.45) is 0 Å². The fourth-order valence-corrected chi connectivity index (χ4v) is 2.87. The maximum absolute atomic E-state index is 8.91. The molecule has 1 saturated heterocycles. The molecule has 0 aromatic heterocycles. The van der Waals surface area contributed by atoms with Crippen LogP contribution in [0.5, 0.6) is 0 Å². The lowest BCUT2D eigenvalue weighted by Crippen LogP contribution is -2.52. The minimum absolute atomic E-state index is 0.202. The van der Waals surface area contributed by atoms with Crippen LogP contribution in [0.1, 0.15) is 44.2 Å². The second-order valence-electron chi connectivity index (χ2n) is 6.28. The molecule has 1 aromatic carbocycles. The molecule has 3 heteroatoms. The summed E-state index contributed by atoms with van der Waals surface area (Å²) < 4.78 is 0. The Labute approximate surface area is 122 Å². The molecule has 0 spiro atoms. The lowest BCUT2D eigenvalue weighted by molar-refractivity contribution is 0.0942. The van der Waals surface area contributed by atoms with E-state index in [1.807, 2.05) is 18.2 Å². The molecule has 1 N–H and O–H groups in total. The maximum Gasteiger partial charge on any atom is 0.0991 e. The van der Waals surface area contributed by atoms with Crippen LogP contribution >= 0.6 is 0 Å². The fraction of sp³-hybridized carbons (Fsp3) is 0.588. The Balaban J connectivity index is 1.83. The Hall–Kier alpha value is -1.37. The molecule has 108 valence electrons. The molecule has 1 heterocycles. The molecule has 1 aliphatic heterocycles. The third kappa shape index (κ3) is 4.06. The van der Waals surface area contributed by atoms with E-state index in [1.165, 1.54) is 37.9 Å². The van der Waals surface area contributed by atoms with Gasteiger partial charge in [-0.3, -0.25) is 4.90 Å². The molecule has 0 aliphatic carbocycles. The molecule has 2 rings (SSSR count). The molecule has 1 fully saturated rings. The Kier molecular flexibility index (Phi) is 5.17. The lowest BCUT2D eigenvalue weighted by Gasteiger charge is -2.41. The molecule has 1 aliphatic rings. The van der Waals surface area contributed by atoms with E-state index in [0.29, 0.717) is 0 Å². The summed E-state index contributed by atoms with van der Waals surface area (Å²) in [6, 6.07) is 10.0. The van der Waals surface area contributed by atoms with Gasteiger partial charge in [0.1, 0.15) is 0 Å². The zero-order valence-electron chi connectivity index (χ0n) is 12.7. The van der Waals surface area contributed by atoms with Crippen LogP contribution in [-0.2, 0) is 6.54 Å². The Morgan fingerprint density at radius 1 is 1.25 bits per heavy atom. The van der Waals surface area contributed by atoms with E-state index in [4.69, 9.17) is 5.26 Å². The number of hydrogen-bond acceptors (Lipinski definition) is 3. The van der Waals surface area contributed by atoms with Crippen molar-refractivity contribution in [2.75, 3.05) is 19.6 Å². The molecule has 0 saturated carbocycles. The first-order valence-electron chi connectivity index (χ1n) is 7.57. The molecule has 0 unspecified atom stereocenters. The largest absolute Gasteiger partial charge is 0.311 e. The third-order valence-corrected chi connectivity index (χ3v) is 4.15. The van der Waals surface area contributed by atoms with E-state index in [-0.39, 0.29) is 5.54 Å². The van der Waals surface area contributed by atoms with Gasteiger partial charge in [0, 0.05) is 18.6 Å². The number of nitriles is 1. The number of rotatable bonds is 5. The highest BCUT2D eigenvalue weighted by Crippen LogP contribution is 2.19. The van der Waals surface area contributed by atoms with E-state index < -0.39 is 0 Å². The quantitative estimate of drug-likeness (QED) is 0.895. The fourth-order valence-electron chi connectivity index (χ4n) is 2.87. The van der Waals surface area contributed by atoms with Gasteiger partial charge in [-0.15, -0.1) is 0 Å². The first-order chi connectivity index (χ1) is 9.62. The van der Waals surface area contributed by atoms with E-state index in [0.717, 1.165) is 18.7 Å². The van der Waals surface area contributed by atoms with Gasteiger partial charge < -0.3 is 5.32 Å². The summed E-state index contributed by atoms with van der Waals surface area (Å²) >= 11 is 0. The molecule has 0 atom stereocenters. The summed E-state index contributed by atoms with van der Waals surface area (Å²) in [5.74, 6) is 0. The molecule has 20 heavy (non-hydrogen) atoms. The summed E-state index contributed by atoms with van der Waals surface area (Å²) in [5, 5.41) is 12.4. The molecule has 3 nitrogen and oxygen atoms in total. The second-order valence-corrected chi connectivity index (χ2v) is 6.28. The molecule has 0 radical (unpaired) electrons. The molecular weight excluding hydrogens is 246 g/mol. The zero-order chi connectivity index (χ0) is 14.4. The highest BCUT2D eigenvalue weighted by molar-refractivity contribution is 5.32. The van der Waals surface area contributed by atoms with Crippen LogP contribution < -0.4 is 5.32 Å². The average Bonchev–Trinajstić information content (AvgIpc) is 2.48. The van der Waals surface area contributed by atoms with Crippen molar-refractivity contribution in [1.82, 2.24) is 10.2 Å². The molecule has 0 bridgehead atoms. The van der Waals surface area contributed by atoms with Gasteiger partial charge in [-0.25, -0.2) is 0 Å². The maximum atomic E-state index is 8.91. The van der Waals surface area contributed by atoms with Crippen LogP contribution in [0.15, 0.2) is 24.3 Å². The van der Waals surface area contributed by atoms with E-state index >= 15 is 0 Å². The van der Waals surface area contributed by atoms with Crippen molar-refractivity contribution in [3.05, 3.63) is 35.4 Å². The zero-order valence-corrected chi connectivity index (χ0v) is 12.7. The van der Waals surface area contributed by atoms with Gasteiger partial charge in [0.25, 0.3) is 0 Å². The standard InChI is InChI=1S/C17H25N3/c1-17(2,20-9-4-3-5-10-20)14-19-13-16-8-6-7-15(11-16)12-18/h6-8,11,19H,3-5,9-10,13-14H2,1-2H3. The summed E-state index contributed by atoms with van der Waals surface area (Å²) in [6.45, 7) is 8.88.